The Morgan fingerprint density at radius 3 is 2.16 bits per heavy atom. The number of aromatic nitrogens is 2. The van der Waals surface area contributed by atoms with E-state index in [1.54, 1.807) is 12.4 Å². The van der Waals surface area contributed by atoms with Crippen molar-refractivity contribution in [2.24, 2.45) is 0 Å². The number of nitrogens with two attached hydrogens (primary N) is 1. The van der Waals surface area contributed by atoms with Gasteiger partial charge in [0.25, 0.3) is 0 Å². The number of hydrogen-bond donors (Lipinski definition) is 1. The van der Waals surface area contributed by atoms with Crippen molar-refractivity contribution in [3.63, 3.8) is 0 Å². The maximum absolute atomic E-state index is 5.61. The van der Waals surface area contributed by atoms with E-state index in [1.165, 1.54) is 0 Å². The summed E-state index contributed by atoms with van der Waals surface area (Å²) in [5, 5.41) is 0. The van der Waals surface area contributed by atoms with Crippen LogP contribution in [-0.2, 0) is 6.42 Å². The molecule has 0 unspecified atom stereocenters. The molecule has 0 fully saturated rings. The van der Waals surface area contributed by atoms with Crippen LogP contribution in [0.1, 0.15) is 12.7 Å². The van der Waals surface area contributed by atoms with Gasteiger partial charge in [0.15, 0.2) is 0 Å². The van der Waals surface area contributed by atoms with E-state index >= 15 is 0 Å². The minimum Gasteiger partial charge on any atom is -0.494 e. The third-order valence-corrected chi connectivity index (χ3v) is 2.45. The monoisotopic (exact) mass is 259 g/mol. The average Bonchev–Trinajstić information content (AvgIpc) is 2.43. The molecular formula is C14H17N3O2. The number of benzene rings is 1. The summed E-state index contributed by atoms with van der Waals surface area (Å²) in [4.78, 5) is 8.22. The van der Waals surface area contributed by atoms with Crippen LogP contribution < -0.4 is 15.2 Å². The second-order valence-electron chi connectivity index (χ2n) is 3.94. The molecule has 2 rings (SSSR count). The van der Waals surface area contributed by atoms with Gasteiger partial charge in [-0.3, -0.25) is 0 Å². The molecule has 100 valence electrons. The molecule has 0 radical (unpaired) electrons. The van der Waals surface area contributed by atoms with Crippen LogP contribution in [0.2, 0.25) is 0 Å². The lowest BCUT2D eigenvalue weighted by molar-refractivity contribution is 0.315. The highest BCUT2D eigenvalue weighted by Crippen LogP contribution is 2.17. The largest absolute Gasteiger partial charge is 0.494 e. The third kappa shape index (κ3) is 4.13. The first-order chi connectivity index (χ1) is 9.28. The predicted molar refractivity (Wildman–Crippen MR) is 73.3 cm³/mol. The van der Waals surface area contributed by atoms with Crippen LogP contribution in [0.4, 0.5) is 5.69 Å². The highest BCUT2D eigenvalue weighted by Gasteiger charge is 1.99. The van der Waals surface area contributed by atoms with Crippen molar-refractivity contribution in [3.8, 4) is 11.5 Å². The van der Waals surface area contributed by atoms with Crippen molar-refractivity contribution in [2.75, 3.05) is 18.9 Å². The lowest BCUT2D eigenvalue weighted by Crippen LogP contribution is -2.05. The molecule has 5 nitrogen and oxygen atoms in total. The number of hydrogen-bond acceptors (Lipinski definition) is 5. The summed E-state index contributed by atoms with van der Waals surface area (Å²) in [6, 6.07) is 7.54. The van der Waals surface area contributed by atoms with E-state index in [0.717, 1.165) is 17.3 Å². The normalized spacial score (nSPS) is 10.2. The summed E-state index contributed by atoms with van der Waals surface area (Å²) in [6.07, 6.45) is 3.84. The number of nitrogen functional groups attached to an aromatic ring is 1. The van der Waals surface area contributed by atoms with E-state index in [4.69, 9.17) is 15.2 Å². The van der Waals surface area contributed by atoms with Gasteiger partial charge in [-0.1, -0.05) is 0 Å². The summed E-state index contributed by atoms with van der Waals surface area (Å²) in [5.41, 5.74) is 6.08. The Morgan fingerprint density at radius 1 is 1.00 bits per heavy atom. The zero-order valence-electron chi connectivity index (χ0n) is 10.9. The van der Waals surface area contributed by atoms with E-state index in [1.807, 2.05) is 31.2 Å². The Morgan fingerprint density at radius 2 is 1.58 bits per heavy atom. The first kappa shape index (κ1) is 13.1. The molecule has 0 amide bonds. The van der Waals surface area contributed by atoms with Gasteiger partial charge >= 0.3 is 0 Å². The van der Waals surface area contributed by atoms with Crippen molar-refractivity contribution in [1.29, 1.82) is 0 Å². The van der Waals surface area contributed by atoms with Gasteiger partial charge in [0.1, 0.15) is 17.3 Å². The SMILES string of the molecule is CCOc1ccc(OCCc2ncc(N)cn2)cc1. The summed E-state index contributed by atoms with van der Waals surface area (Å²) in [6.45, 7) is 3.14. The quantitative estimate of drug-likeness (QED) is 0.860. The molecule has 0 saturated heterocycles. The van der Waals surface area contributed by atoms with Crippen LogP contribution in [0, 0.1) is 0 Å². The van der Waals surface area contributed by atoms with E-state index in [9.17, 15) is 0 Å². The zero-order valence-corrected chi connectivity index (χ0v) is 10.9. The van der Waals surface area contributed by atoms with Gasteiger partial charge in [-0.2, -0.15) is 0 Å². The first-order valence-electron chi connectivity index (χ1n) is 6.20. The standard InChI is InChI=1S/C14H17N3O2/c1-2-18-12-3-5-13(6-4-12)19-8-7-14-16-9-11(15)10-17-14/h3-6,9-10H,2,7-8,15H2,1H3. The van der Waals surface area contributed by atoms with Gasteiger partial charge in [0, 0.05) is 6.42 Å². The molecule has 2 aromatic rings. The zero-order chi connectivity index (χ0) is 13.5. The van der Waals surface area contributed by atoms with E-state index in [2.05, 4.69) is 9.97 Å². The molecule has 1 heterocycles. The van der Waals surface area contributed by atoms with Crippen LogP contribution in [0.5, 0.6) is 11.5 Å². The second-order valence-corrected chi connectivity index (χ2v) is 3.94. The van der Waals surface area contributed by atoms with Crippen LogP contribution in [0.3, 0.4) is 0 Å². The van der Waals surface area contributed by atoms with Gasteiger partial charge in [0.05, 0.1) is 31.3 Å². The Kier molecular flexibility index (Phi) is 4.55. The predicted octanol–water partition coefficient (Wildman–Crippen LogP) is 2.08. The smallest absolute Gasteiger partial charge is 0.131 e. The Bertz CT molecular complexity index is 497. The molecule has 0 aliphatic carbocycles. The molecule has 1 aromatic carbocycles. The van der Waals surface area contributed by atoms with E-state index in [-0.39, 0.29) is 0 Å². The second kappa shape index (κ2) is 6.58. The van der Waals surface area contributed by atoms with Crippen molar-refractivity contribution in [2.45, 2.75) is 13.3 Å². The molecule has 1 aromatic heterocycles. The van der Waals surface area contributed by atoms with Crippen LogP contribution in [0.15, 0.2) is 36.7 Å². The first-order valence-corrected chi connectivity index (χ1v) is 6.20. The number of nitrogens with zero attached hydrogens (tertiary/aromatic N) is 2. The van der Waals surface area contributed by atoms with Gasteiger partial charge in [-0.15, -0.1) is 0 Å². The van der Waals surface area contributed by atoms with Crippen molar-refractivity contribution in [1.82, 2.24) is 9.97 Å². The minimum absolute atomic E-state index is 0.526. The molecule has 0 bridgehead atoms. The Labute approximate surface area is 112 Å². The molecule has 0 aliphatic heterocycles. The maximum atomic E-state index is 5.61. The number of ether oxygens (including phenoxy) is 2. The molecule has 0 spiro atoms. The molecule has 19 heavy (non-hydrogen) atoms. The molecule has 0 atom stereocenters. The van der Waals surface area contributed by atoms with Crippen LogP contribution in [0.25, 0.3) is 0 Å². The molecule has 2 N–H and O–H groups in total. The highest BCUT2D eigenvalue weighted by atomic mass is 16.5. The van der Waals surface area contributed by atoms with Crippen molar-refractivity contribution < 1.29 is 9.47 Å². The molecule has 0 saturated carbocycles. The average molecular weight is 259 g/mol. The minimum atomic E-state index is 0.526. The summed E-state index contributed by atoms with van der Waals surface area (Å²) < 4.78 is 11.0. The fourth-order valence-corrected chi connectivity index (χ4v) is 1.55. The van der Waals surface area contributed by atoms with Crippen molar-refractivity contribution in [3.05, 3.63) is 42.5 Å². The lowest BCUT2D eigenvalue weighted by atomic mass is 10.3. The molecule has 5 heteroatoms. The van der Waals surface area contributed by atoms with Gasteiger partial charge in [-0.25, -0.2) is 9.97 Å². The highest BCUT2D eigenvalue weighted by molar-refractivity contribution is 5.31. The Hall–Kier alpha value is -2.30. The van der Waals surface area contributed by atoms with Gasteiger partial charge < -0.3 is 15.2 Å². The summed E-state index contributed by atoms with van der Waals surface area (Å²) in [5.74, 6) is 2.37. The molecule has 0 aliphatic rings. The number of anilines is 1. The fourth-order valence-electron chi connectivity index (χ4n) is 1.55. The summed E-state index contributed by atoms with van der Waals surface area (Å²) >= 11 is 0. The molecular weight excluding hydrogens is 242 g/mol. The lowest BCUT2D eigenvalue weighted by Gasteiger charge is -2.07. The summed E-state index contributed by atoms with van der Waals surface area (Å²) in [7, 11) is 0. The fraction of sp³-hybridized carbons (Fsp3) is 0.286. The van der Waals surface area contributed by atoms with E-state index in [0.29, 0.717) is 25.3 Å². The van der Waals surface area contributed by atoms with Crippen molar-refractivity contribution >= 4 is 5.69 Å². The van der Waals surface area contributed by atoms with Gasteiger partial charge in [-0.05, 0) is 31.2 Å². The third-order valence-electron chi connectivity index (χ3n) is 2.45. The van der Waals surface area contributed by atoms with Crippen LogP contribution in [-0.4, -0.2) is 23.2 Å². The number of rotatable bonds is 6. The van der Waals surface area contributed by atoms with Crippen LogP contribution >= 0.6 is 0 Å². The Balaban J connectivity index is 1.80. The van der Waals surface area contributed by atoms with Gasteiger partial charge in [0.2, 0.25) is 0 Å². The topological polar surface area (TPSA) is 70.3 Å². The van der Waals surface area contributed by atoms with E-state index < -0.39 is 0 Å². The maximum Gasteiger partial charge on any atom is 0.131 e.